The van der Waals surface area contributed by atoms with Crippen LogP contribution < -0.4 is 0 Å². The van der Waals surface area contributed by atoms with Gasteiger partial charge in [-0.05, 0) is 33.6 Å². The number of ether oxygens (including phenoxy) is 1. The molecule has 0 saturated heterocycles. The number of esters is 1. The summed E-state index contributed by atoms with van der Waals surface area (Å²) in [5.41, 5.74) is 1.84. The summed E-state index contributed by atoms with van der Waals surface area (Å²) in [5.74, 6) is -0.278. The lowest BCUT2D eigenvalue weighted by molar-refractivity contribution is -0.142. The molecule has 0 saturated carbocycles. The topological polar surface area (TPSA) is 39.2 Å². The fourth-order valence-corrected chi connectivity index (χ4v) is 1.95. The van der Waals surface area contributed by atoms with Crippen molar-refractivity contribution in [1.29, 1.82) is 0 Å². The van der Waals surface area contributed by atoms with Crippen LogP contribution in [0.15, 0.2) is 34.9 Å². The minimum Gasteiger partial charge on any atom is -0.461 e. The number of hydrogen-bond donors (Lipinski definition) is 0. The van der Waals surface area contributed by atoms with E-state index in [1.807, 2.05) is 24.3 Å². The molecule has 4 heteroatoms. The third-order valence-electron chi connectivity index (χ3n) is 2.24. The minimum absolute atomic E-state index is 0.278. The van der Waals surface area contributed by atoms with Crippen molar-refractivity contribution < 1.29 is 9.53 Å². The van der Waals surface area contributed by atoms with Crippen LogP contribution in [0.25, 0.3) is 10.9 Å². The van der Waals surface area contributed by atoms with Crippen molar-refractivity contribution in [3.8, 4) is 0 Å². The van der Waals surface area contributed by atoms with Crippen LogP contribution in [0.2, 0.25) is 0 Å². The predicted octanol–water partition coefficient (Wildman–Crippen LogP) is 3.06. The molecule has 0 radical (unpaired) electrons. The smallest absolute Gasteiger partial charge is 0.302 e. The van der Waals surface area contributed by atoms with Gasteiger partial charge in [-0.1, -0.05) is 12.1 Å². The Kier molecular flexibility index (Phi) is 3.19. The first-order chi connectivity index (χ1) is 7.68. The van der Waals surface area contributed by atoms with Crippen LogP contribution in [0.4, 0.5) is 0 Å². The number of aromatic nitrogens is 1. The Hall–Kier alpha value is -1.42. The molecule has 0 aliphatic carbocycles. The third-order valence-corrected chi connectivity index (χ3v) is 2.88. The fourth-order valence-electron chi connectivity index (χ4n) is 1.50. The summed E-state index contributed by atoms with van der Waals surface area (Å²) < 4.78 is 5.93. The van der Waals surface area contributed by atoms with Crippen LogP contribution in [-0.4, -0.2) is 11.0 Å². The Labute approximate surface area is 102 Å². The molecule has 3 nitrogen and oxygen atoms in total. The molecule has 0 unspecified atom stereocenters. The summed E-state index contributed by atoms with van der Waals surface area (Å²) in [5, 5.41) is 0.998. The van der Waals surface area contributed by atoms with Gasteiger partial charge in [0, 0.05) is 23.0 Å². The second-order valence-electron chi connectivity index (χ2n) is 3.39. The molecule has 82 valence electrons. The molecule has 0 aliphatic rings. The Morgan fingerprint density at radius 3 is 3.00 bits per heavy atom. The van der Waals surface area contributed by atoms with Gasteiger partial charge >= 0.3 is 5.97 Å². The Balaban J connectivity index is 2.46. The zero-order valence-electron chi connectivity index (χ0n) is 8.74. The molecule has 0 bridgehead atoms. The highest BCUT2D eigenvalue weighted by molar-refractivity contribution is 9.10. The van der Waals surface area contributed by atoms with Gasteiger partial charge in [0.1, 0.15) is 6.61 Å². The summed E-state index contributed by atoms with van der Waals surface area (Å²) in [6.07, 6.45) is 1.74. The lowest BCUT2D eigenvalue weighted by Crippen LogP contribution is -1.99. The predicted molar refractivity (Wildman–Crippen MR) is 64.9 cm³/mol. The number of benzene rings is 1. The first-order valence-electron chi connectivity index (χ1n) is 4.84. The van der Waals surface area contributed by atoms with Crippen LogP contribution in [-0.2, 0) is 16.1 Å². The summed E-state index contributed by atoms with van der Waals surface area (Å²) >= 11 is 3.44. The number of carbonyl (C=O) groups is 1. The molecular weight excluding hydrogens is 270 g/mol. The van der Waals surface area contributed by atoms with Gasteiger partial charge in [0.05, 0.1) is 5.52 Å². The van der Waals surface area contributed by atoms with Crippen molar-refractivity contribution in [1.82, 2.24) is 4.98 Å². The van der Waals surface area contributed by atoms with Gasteiger partial charge in [-0.3, -0.25) is 9.78 Å². The molecule has 0 spiro atoms. The lowest BCUT2D eigenvalue weighted by Gasteiger charge is -2.07. The quantitative estimate of drug-likeness (QED) is 0.794. The van der Waals surface area contributed by atoms with Crippen molar-refractivity contribution in [3.05, 3.63) is 40.5 Å². The monoisotopic (exact) mass is 279 g/mol. The maximum absolute atomic E-state index is 10.8. The minimum atomic E-state index is -0.278. The van der Waals surface area contributed by atoms with Gasteiger partial charge in [0.25, 0.3) is 0 Å². The second-order valence-corrected chi connectivity index (χ2v) is 4.24. The molecule has 2 rings (SSSR count). The fraction of sp³-hybridized carbons (Fsp3) is 0.167. The Morgan fingerprint density at radius 1 is 1.44 bits per heavy atom. The Bertz CT molecular complexity index is 540. The highest BCUT2D eigenvalue weighted by Gasteiger charge is 2.06. The van der Waals surface area contributed by atoms with E-state index in [-0.39, 0.29) is 12.6 Å². The first kappa shape index (κ1) is 11.1. The van der Waals surface area contributed by atoms with Crippen molar-refractivity contribution in [3.63, 3.8) is 0 Å². The number of pyridine rings is 1. The SMILES string of the molecule is CC(=O)OCc1ccc(Br)c2ncccc12. The molecular formula is C12H10BrNO2. The highest BCUT2D eigenvalue weighted by Crippen LogP contribution is 2.25. The van der Waals surface area contributed by atoms with Gasteiger partial charge in [0.2, 0.25) is 0 Å². The van der Waals surface area contributed by atoms with Crippen LogP contribution in [0.3, 0.4) is 0 Å². The molecule has 1 aromatic heterocycles. The van der Waals surface area contributed by atoms with Gasteiger partial charge < -0.3 is 4.74 Å². The average Bonchev–Trinajstić information content (AvgIpc) is 2.28. The second kappa shape index (κ2) is 4.61. The van der Waals surface area contributed by atoms with E-state index >= 15 is 0 Å². The highest BCUT2D eigenvalue weighted by atomic mass is 79.9. The van der Waals surface area contributed by atoms with Crippen molar-refractivity contribution in [2.24, 2.45) is 0 Å². The molecule has 0 fully saturated rings. The number of carbonyl (C=O) groups excluding carboxylic acids is 1. The molecule has 1 heterocycles. The van der Waals surface area contributed by atoms with Crippen molar-refractivity contribution >= 4 is 32.8 Å². The zero-order chi connectivity index (χ0) is 11.5. The van der Waals surface area contributed by atoms with E-state index in [9.17, 15) is 4.79 Å². The van der Waals surface area contributed by atoms with E-state index in [1.165, 1.54) is 6.92 Å². The van der Waals surface area contributed by atoms with Gasteiger partial charge in [-0.25, -0.2) is 0 Å². The average molecular weight is 280 g/mol. The number of hydrogen-bond acceptors (Lipinski definition) is 3. The van der Waals surface area contributed by atoms with Gasteiger partial charge in [-0.2, -0.15) is 0 Å². The molecule has 2 aromatic rings. The normalized spacial score (nSPS) is 10.4. The Morgan fingerprint density at radius 2 is 2.25 bits per heavy atom. The molecule has 1 aromatic carbocycles. The lowest BCUT2D eigenvalue weighted by atomic mass is 10.1. The molecule has 0 aliphatic heterocycles. The van der Waals surface area contributed by atoms with Crippen LogP contribution >= 0.6 is 15.9 Å². The maximum atomic E-state index is 10.8. The van der Waals surface area contributed by atoms with E-state index in [1.54, 1.807) is 6.20 Å². The molecule has 0 amide bonds. The largest absolute Gasteiger partial charge is 0.461 e. The summed E-state index contributed by atoms with van der Waals surface area (Å²) in [6.45, 7) is 1.68. The first-order valence-corrected chi connectivity index (χ1v) is 5.63. The van der Waals surface area contributed by atoms with E-state index < -0.39 is 0 Å². The van der Waals surface area contributed by atoms with Crippen LogP contribution in [0.1, 0.15) is 12.5 Å². The van der Waals surface area contributed by atoms with Gasteiger partial charge in [-0.15, -0.1) is 0 Å². The van der Waals surface area contributed by atoms with E-state index in [2.05, 4.69) is 20.9 Å². The van der Waals surface area contributed by atoms with Crippen LogP contribution in [0, 0.1) is 0 Å². The standard InChI is InChI=1S/C12H10BrNO2/c1-8(15)16-7-9-4-5-11(13)12-10(9)3-2-6-14-12/h2-6H,7H2,1H3. The molecule has 0 atom stereocenters. The summed E-state index contributed by atoms with van der Waals surface area (Å²) in [6, 6.07) is 7.67. The van der Waals surface area contributed by atoms with Crippen molar-refractivity contribution in [2.75, 3.05) is 0 Å². The molecule has 16 heavy (non-hydrogen) atoms. The third kappa shape index (κ3) is 2.22. The van der Waals surface area contributed by atoms with Crippen LogP contribution in [0.5, 0.6) is 0 Å². The summed E-state index contributed by atoms with van der Waals surface area (Å²) in [7, 11) is 0. The number of nitrogens with zero attached hydrogens (tertiary/aromatic N) is 1. The van der Waals surface area contributed by atoms with E-state index in [0.29, 0.717) is 0 Å². The van der Waals surface area contributed by atoms with Crippen molar-refractivity contribution in [2.45, 2.75) is 13.5 Å². The van der Waals surface area contributed by atoms with E-state index in [4.69, 9.17) is 4.74 Å². The summed E-state index contributed by atoms with van der Waals surface area (Å²) in [4.78, 5) is 15.1. The maximum Gasteiger partial charge on any atom is 0.302 e. The van der Waals surface area contributed by atoms with E-state index in [0.717, 1.165) is 20.9 Å². The number of fused-ring (bicyclic) bond motifs is 1. The zero-order valence-corrected chi connectivity index (χ0v) is 10.3. The number of rotatable bonds is 2. The number of halogens is 1. The molecule has 0 N–H and O–H groups in total. The van der Waals surface area contributed by atoms with Gasteiger partial charge in [0.15, 0.2) is 0 Å².